The van der Waals surface area contributed by atoms with Gasteiger partial charge < -0.3 is 10.5 Å². The SMILES string of the molecule is NCCN1C(=O)O[C@@H](c2cccc(Cl)c2)C1=O. The van der Waals surface area contributed by atoms with E-state index in [2.05, 4.69) is 0 Å². The first kappa shape index (κ1) is 11.9. The highest BCUT2D eigenvalue weighted by atomic mass is 35.5. The van der Waals surface area contributed by atoms with Gasteiger partial charge in [-0.15, -0.1) is 0 Å². The molecule has 1 aliphatic heterocycles. The van der Waals surface area contributed by atoms with Gasteiger partial charge >= 0.3 is 6.09 Å². The van der Waals surface area contributed by atoms with Gasteiger partial charge in [-0.25, -0.2) is 9.69 Å². The molecule has 0 aromatic heterocycles. The molecule has 0 spiro atoms. The smallest absolute Gasteiger partial charge is 0.417 e. The molecule has 1 fully saturated rings. The number of cyclic esters (lactones) is 1. The Hall–Kier alpha value is -1.59. The maximum Gasteiger partial charge on any atom is 0.417 e. The minimum atomic E-state index is -0.909. The Labute approximate surface area is 103 Å². The lowest BCUT2D eigenvalue weighted by atomic mass is 10.1. The molecule has 2 rings (SSSR count). The average Bonchev–Trinajstić information content (AvgIpc) is 2.57. The molecule has 1 aliphatic rings. The predicted octanol–water partition coefficient (Wildman–Crippen LogP) is 1.32. The molecular formula is C11H11ClN2O3. The number of hydrogen-bond acceptors (Lipinski definition) is 4. The van der Waals surface area contributed by atoms with Crippen molar-refractivity contribution in [3.05, 3.63) is 34.9 Å². The fourth-order valence-corrected chi connectivity index (χ4v) is 1.86. The van der Waals surface area contributed by atoms with Crippen LogP contribution >= 0.6 is 11.6 Å². The van der Waals surface area contributed by atoms with Crippen LogP contribution in [-0.2, 0) is 9.53 Å². The van der Waals surface area contributed by atoms with E-state index in [9.17, 15) is 9.59 Å². The van der Waals surface area contributed by atoms with Gasteiger partial charge in [0, 0.05) is 23.7 Å². The van der Waals surface area contributed by atoms with Crippen molar-refractivity contribution in [2.24, 2.45) is 5.73 Å². The summed E-state index contributed by atoms with van der Waals surface area (Å²) in [6.45, 7) is 0.373. The Balaban J connectivity index is 2.24. The number of nitrogens with zero attached hydrogens (tertiary/aromatic N) is 1. The number of benzene rings is 1. The first-order valence-electron chi connectivity index (χ1n) is 5.11. The van der Waals surface area contributed by atoms with Gasteiger partial charge in [-0.1, -0.05) is 23.7 Å². The third kappa shape index (κ3) is 2.25. The van der Waals surface area contributed by atoms with Gasteiger partial charge in [-0.3, -0.25) is 4.79 Å². The van der Waals surface area contributed by atoms with Gasteiger partial charge in [0.1, 0.15) is 0 Å². The summed E-state index contributed by atoms with van der Waals surface area (Å²) in [5, 5.41) is 0.489. The van der Waals surface area contributed by atoms with E-state index in [0.29, 0.717) is 10.6 Å². The summed E-state index contributed by atoms with van der Waals surface area (Å²) < 4.78 is 5.00. The molecule has 90 valence electrons. The van der Waals surface area contributed by atoms with Crippen LogP contribution < -0.4 is 5.73 Å². The van der Waals surface area contributed by atoms with E-state index in [1.807, 2.05) is 0 Å². The first-order valence-corrected chi connectivity index (χ1v) is 5.49. The molecular weight excluding hydrogens is 244 g/mol. The average molecular weight is 255 g/mol. The molecule has 2 N–H and O–H groups in total. The molecule has 2 amide bonds. The zero-order valence-corrected chi connectivity index (χ0v) is 9.68. The Morgan fingerprint density at radius 2 is 2.18 bits per heavy atom. The minimum absolute atomic E-state index is 0.161. The van der Waals surface area contributed by atoms with Gasteiger partial charge in [0.2, 0.25) is 6.10 Å². The molecule has 1 saturated heterocycles. The van der Waals surface area contributed by atoms with Crippen molar-refractivity contribution in [2.45, 2.75) is 6.10 Å². The zero-order valence-electron chi connectivity index (χ0n) is 8.93. The summed E-state index contributed by atoms with van der Waals surface area (Å²) >= 11 is 5.82. The summed E-state index contributed by atoms with van der Waals surface area (Å²) in [7, 11) is 0. The summed E-state index contributed by atoms with van der Waals surface area (Å²) in [5.41, 5.74) is 5.88. The molecule has 1 atom stereocenters. The van der Waals surface area contributed by atoms with Crippen LogP contribution in [0.15, 0.2) is 24.3 Å². The fourth-order valence-electron chi connectivity index (χ4n) is 1.66. The number of amides is 2. The van der Waals surface area contributed by atoms with Crippen LogP contribution in [-0.4, -0.2) is 30.0 Å². The third-order valence-electron chi connectivity index (χ3n) is 2.43. The topological polar surface area (TPSA) is 72.6 Å². The van der Waals surface area contributed by atoms with Crippen LogP contribution in [0.5, 0.6) is 0 Å². The highest BCUT2D eigenvalue weighted by Gasteiger charge is 2.40. The van der Waals surface area contributed by atoms with Crippen molar-refractivity contribution >= 4 is 23.6 Å². The maximum absolute atomic E-state index is 11.9. The summed E-state index contributed by atoms with van der Waals surface area (Å²) in [6, 6.07) is 6.67. The quantitative estimate of drug-likeness (QED) is 0.883. The largest absolute Gasteiger partial charge is 0.431 e. The number of ether oxygens (including phenoxy) is 1. The number of carbonyl (C=O) groups excluding carboxylic acids is 2. The van der Waals surface area contributed by atoms with E-state index in [1.165, 1.54) is 0 Å². The zero-order chi connectivity index (χ0) is 12.4. The van der Waals surface area contributed by atoms with E-state index in [4.69, 9.17) is 22.1 Å². The van der Waals surface area contributed by atoms with Crippen LogP contribution in [0.2, 0.25) is 5.02 Å². The van der Waals surface area contributed by atoms with E-state index in [0.717, 1.165) is 4.90 Å². The highest BCUT2D eigenvalue weighted by molar-refractivity contribution is 6.30. The first-order chi connectivity index (χ1) is 8.13. The molecule has 0 unspecified atom stereocenters. The summed E-state index contributed by atoms with van der Waals surface area (Å²) in [5.74, 6) is -0.400. The van der Waals surface area contributed by atoms with Crippen molar-refractivity contribution in [1.29, 1.82) is 0 Å². The molecule has 0 saturated carbocycles. The van der Waals surface area contributed by atoms with Crippen LogP contribution in [0.25, 0.3) is 0 Å². The van der Waals surface area contributed by atoms with Gasteiger partial charge in [0.25, 0.3) is 5.91 Å². The van der Waals surface area contributed by atoms with Crippen LogP contribution in [0.1, 0.15) is 11.7 Å². The minimum Gasteiger partial charge on any atom is -0.431 e. The maximum atomic E-state index is 11.9. The lowest BCUT2D eigenvalue weighted by Gasteiger charge is -2.09. The van der Waals surface area contributed by atoms with Gasteiger partial charge in [0.05, 0.1) is 0 Å². The van der Waals surface area contributed by atoms with Crippen LogP contribution in [0.4, 0.5) is 4.79 Å². The van der Waals surface area contributed by atoms with E-state index >= 15 is 0 Å². The summed E-state index contributed by atoms with van der Waals surface area (Å²) in [4.78, 5) is 24.3. The second-order valence-corrected chi connectivity index (χ2v) is 4.03. The molecule has 1 aromatic rings. The second kappa shape index (κ2) is 4.73. The normalized spacial score (nSPS) is 19.6. The fraction of sp³-hybridized carbons (Fsp3) is 0.273. The molecule has 1 heterocycles. The number of imide groups is 1. The second-order valence-electron chi connectivity index (χ2n) is 3.60. The van der Waals surface area contributed by atoms with Crippen molar-refractivity contribution < 1.29 is 14.3 Å². The summed E-state index contributed by atoms with van der Waals surface area (Å²) in [6.07, 6.45) is -1.57. The van der Waals surface area contributed by atoms with Gasteiger partial charge in [-0.2, -0.15) is 0 Å². The molecule has 5 nitrogen and oxygen atoms in total. The Morgan fingerprint density at radius 1 is 1.41 bits per heavy atom. The number of nitrogens with two attached hydrogens (primary N) is 1. The standard InChI is InChI=1S/C11H11ClN2O3/c12-8-3-1-2-7(6-8)9-10(15)14(5-4-13)11(16)17-9/h1-3,6,9H,4-5,13H2/t9-/m0/s1. The number of halogens is 1. The number of rotatable bonds is 3. The van der Waals surface area contributed by atoms with Crippen molar-refractivity contribution in [3.63, 3.8) is 0 Å². The molecule has 0 bridgehead atoms. The van der Waals surface area contributed by atoms with Gasteiger partial charge in [0.15, 0.2) is 0 Å². The third-order valence-corrected chi connectivity index (χ3v) is 2.67. The van der Waals surface area contributed by atoms with E-state index < -0.39 is 18.1 Å². The van der Waals surface area contributed by atoms with Gasteiger partial charge in [-0.05, 0) is 12.1 Å². The molecule has 17 heavy (non-hydrogen) atoms. The van der Waals surface area contributed by atoms with Crippen LogP contribution in [0.3, 0.4) is 0 Å². The lowest BCUT2D eigenvalue weighted by Crippen LogP contribution is -2.34. The van der Waals surface area contributed by atoms with Crippen LogP contribution in [0, 0.1) is 0 Å². The highest BCUT2D eigenvalue weighted by Crippen LogP contribution is 2.28. The molecule has 0 radical (unpaired) electrons. The Morgan fingerprint density at radius 3 is 2.82 bits per heavy atom. The predicted molar refractivity (Wildman–Crippen MR) is 61.4 cm³/mol. The molecule has 1 aromatic carbocycles. The van der Waals surface area contributed by atoms with Crippen molar-refractivity contribution in [2.75, 3.05) is 13.1 Å². The Kier molecular flexibility index (Phi) is 3.31. The number of hydrogen-bond donors (Lipinski definition) is 1. The number of carbonyl (C=O) groups is 2. The molecule has 0 aliphatic carbocycles. The monoisotopic (exact) mass is 254 g/mol. The van der Waals surface area contributed by atoms with E-state index in [-0.39, 0.29) is 13.1 Å². The van der Waals surface area contributed by atoms with E-state index in [1.54, 1.807) is 24.3 Å². The molecule has 6 heteroatoms. The lowest BCUT2D eigenvalue weighted by molar-refractivity contribution is -0.129. The Bertz CT molecular complexity index is 464. The van der Waals surface area contributed by atoms with Crippen molar-refractivity contribution in [1.82, 2.24) is 4.90 Å². The van der Waals surface area contributed by atoms with Crippen molar-refractivity contribution in [3.8, 4) is 0 Å².